The van der Waals surface area contributed by atoms with Crippen molar-refractivity contribution in [1.82, 2.24) is 9.21 Å². The molecule has 11 heteroatoms. The molecule has 3 atom stereocenters. The minimum absolute atomic E-state index is 0.0365. The number of carbonyl (C=O) groups excluding carboxylic acids is 2. The third-order valence-corrected chi connectivity index (χ3v) is 9.20. The normalized spacial score (nSPS) is 18.3. The maximum absolute atomic E-state index is 13.4. The first-order valence-electron chi connectivity index (χ1n) is 13.7. The van der Waals surface area contributed by atoms with E-state index in [0.717, 1.165) is 22.0 Å². The highest BCUT2D eigenvalue weighted by atomic mass is 32.2. The number of aliphatic hydroxyl groups excluding tert-OH is 1. The largest absolute Gasteiger partial charge is 0.488 e. The lowest BCUT2D eigenvalue weighted by atomic mass is 10.0. The molecule has 1 aliphatic heterocycles. The van der Waals surface area contributed by atoms with Crippen LogP contribution in [-0.2, 0) is 32.5 Å². The van der Waals surface area contributed by atoms with E-state index < -0.39 is 28.0 Å². The number of halogens is 1. The number of sulfonamides is 1. The Balaban J connectivity index is 1.62. The zero-order valence-corrected chi connectivity index (χ0v) is 24.7. The monoisotopic (exact) mass is 597 g/mol. The molecule has 0 spiro atoms. The van der Waals surface area contributed by atoms with E-state index in [1.807, 2.05) is 37.3 Å². The number of likely N-dealkylation sites (N-methyl/N-ethyl adjacent to an activating group) is 1. The van der Waals surface area contributed by atoms with Gasteiger partial charge in [0.15, 0.2) is 0 Å². The van der Waals surface area contributed by atoms with Gasteiger partial charge in [-0.1, -0.05) is 37.3 Å². The summed E-state index contributed by atoms with van der Waals surface area (Å²) >= 11 is 0. The van der Waals surface area contributed by atoms with E-state index in [9.17, 15) is 27.5 Å². The van der Waals surface area contributed by atoms with Crippen molar-refractivity contribution in [2.45, 2.75) is 43.7 Å². The van der Waals surface area contributed by atoms with Crippen molar-refractivity contribution < 1.29 is 32.2 Å². The highest BCUT2D eigenvalue weighted by molar-refractivity contribution is 7.89. The number of carbonyl (C=O) groups is 2. The molecule has 0 saturated carbocycles. The number of ether oxygens (including phenoxy) is 1. The number of amides is 2. The number of nitrogens with one attached hydrogen (secondary N) is 1. The number of nitrogens with zero attached hydrogens (tertiary/aromatic N) is 2. The SMILES string of the molecule is C[C@H](CO)N1C[C@H](C)[C@H](CN(C)S(=O)(=O)c2ccc(F)cc2)Oc2ccc(NC(=O)Cc3ccccc3)cc2CC1=O. The molecule has 2 amide bonds. The molecular weight excluding hydrogens is 561 g/mol. The quantitative estimate of drug-likeness (QED) is 0.390. The van der Waals surface area contributed by atoms with E-state index >= 15 is 0 Å². The topological polar surface area (TPSA) is 116 Å². The molecule has 4 rings (SSSR count). The van der Waals surface area contributed by atoms with Crippen molar-refractivity contribution in [3.63, 3.8) is 0 Å². The summed E-state index contributed by atoms with van der Waals surface area (Å²) in [7, 11) is -2.54. The van der Waals surface area contributed by atoms with Crippen LogP contribution in [0.3, 0.4) is 0 Å². The molecule has 0 aliphatic carbocycles. The number of fused-ring (bicyclic) bond motifs is 1. The number of benzene rings is 3. The van der Waals surface area contributed by atoms with Gasteiger partial charge in [0.25, 0.3) is 0 Å². The van der Waals surface area contributed by atoms with Gasteiger partial charge in [0, 0.05) is 30.8 Å². The van der Waals surface area contributed by atoms with Gasteiger partial charge in [0.2, 0.25) is 21.8 Å². The summed E-state index contributed by atoms with van der Waals surface area (Å²) in [5.74, 6) is -0.919. The summed E-state index contributed by atoms with van der Waals surface area (Å²) in [6, 6.07) is 18.5. The van der Waals surface area contributed by atoms with Crippen molar-refractivity contribution in [2.75, 3.05) is 32.1 Å². The van der Waals surface area contributed by atoms with Gasteiger partial charge in [-0.25, -0.2) is 12.8 Å². The van der Waals surface area contributed by atoms with Crippen LogP contribution in [-0.4, -0.2) is 73.4 Å². The third kappa shape index (κ3) is 7.53. The molecule has 0 saturated heterocycles. The van der Waals surface area contributed by atoms with Crippen LogP contribution >= 0.6 is 0 Å². The van der Waals surface area contributed by atoms with Crippen molar-refractivity contribution in [2.24, 2.45) is 5.92 Å². The molecule has 0 aromatic heterocycles. The third-order valence-electron chi connectivity index (χ3n) is 7.37. The van der Waals surface area contributed by atoms with E-state index in [2.05, 4.69) is 5.32 Å². The Morgan fingerprint density at radius 1 is 1.14 bits per heavy atom. The van der Waals surface area contributed by atoms with Crippen LogP contribution in [0.5, 0.6) is 5.75 Å². The first-order chi connectivity index (χ1) is 20.0. The molecule has 1 heterocycles. The predicted molar refractivity (Wildman–Crippen MR) is 157 cm³/mol. The van der Waals surface area contributed by atoms with Crippen LogP contribution in [0.25, 0.3) is 0 Å². The summed E-state index contributed by atoms with van der Waals surface area (Å²) in [4.78, 5) is 27.7. The minimum atomic E-state index is -3.96. The van der Waals surface area contributed by atoms with Gasteiger partial charge in [-0.2, -0.15) is 4.31 Å². The van der Waals surface area contributed by atoms with Gasteiger partial charge in [-0.05, 0) is 55.0 Å². The Hall–Kier alpha value is -3.80. The van der Waals surface area contributed by atoms with Crippen molar-refractivity contribution in [3.8, 4) is 5.75 Å². The van der Waals surface area contributed by atoms with Gasteiger partial charge in [0.05, 0.1) is 36.9 Å². The molecular formula is C31H36FN3O6S. The van der Waals surface area contributed by atoms with Gasteiger partial charge in [0.1, 0.15) is 17.7 Å². The van der Waals surface area contributed by atoms with E-state index in [-0.39, 0.29) is 55.2 Å². The molecule has 224 valence electrons. The lowest BCUT2D eigenvalue weighted by Gasteiger charge is -2.33. The molecule has 42 heavy (non-hydrogen) atoms. The average molecular weight is 598 g/mol. The molecule has 3 aromatic rings. The summed E-state index contributed by atoms with van der Waals surface area (Å²) in [5.41, 5.74) is 1.88. The van der Waals surface area contributed by atoms with Gasteiger partial charge in [-0.3, -0.25) is 9.59 Å². The van der Waals surface area contributed by atoms with Crippen LogP contribution in [0.2, 0.25) is 0 Å². The zero-order chi connectivity index (χ0) is 30.4. The summed E-state index contributed by atoms with van der Waals surface area (Å²) < 4.78 is 47.5. The maximum Gasteiger partial charge on any atom is 0.242 e. The summed E-state index contributed by atoms with van der Waals surface area (Å²) in [6.45, 7) is 3.53. The van der Waals surface area contributed by atoms with Crippen LogP contribution in [0.4, 0.5) is 10.1 Å². The Labute approximate surface area is 246 Å². The molecule has 9 nitrogen and oxygen atoms in total. The second-order valence-corrected chi connectivity index (χ2v) is 12.7. The Morgan fingerprint density at radius 2 is 1.83 bits per heavy atom. The summed E-state index contributed by atoms with van der Waals surface area (Å²) in [5, 5.41) is 12.7. The van der Waals surface area contributed by atoms with Crippen LogP contribution in [0.1, 0.15) is 25.0 Å². The minimum Gasteiger partial charge on any atom is -0.488 e. The van der Waals surface area contributed by atoms with Crippen LogP contribution in [0.15, 0.2) is 77.7 Å². The highest BCUT2D eigenvalue weighted by Crippen LogP contribution is 2.30. The van der Waals surface area contributed by atoms with Gasteiger partial charge in [-0.15, -0.1) is 0 Å². The smallest absolute Gasteiger partial charge is 0.242 e. The number of rotatable bonds is 9. The molecule has 0 radical (unpaired) electrons. The van der Waals surface area contributed by atoms with E-state index in [4.69, 9.17) is 4.74 Å². The fourth-order valence-electron chi connectivity index (χ4n) is 4.85. The van der Waals surface area contributed by atoms with Crippen molar-refractivity contribution in [1.29, 1.82) is 0 Å². The second-order valence-electron chi connectivity index (χ2n) is 10.7. The van der Waals surface area contributed by atoms with E-state index in [1.165, 1.54) is 19.2 Å². The highest BCUT2D eigenvalue weighted by Gasteiger charge is 2.33. The molecule has 0 fully saturated rings. The average Bonchev–Trinajstić information content (AvgIpc) is 3.00. The second kappa shape index (κ2) is 13.5. The zero-order valence-electron chi connectivity index (χ0n) is 23.9. The van der Waals surface area contributed by atoms with Crippen LogP contribution in [0, 0.1) is 11.7 Å². The maximum atomic E-state index is 13.4. The molecule has 3 aromatic carbocycles. The first-order valence-corrected chi connectivity index (χ1v) is 15.2. The summed E-state index contributed by atoms with van der Waals surface area (Å²) in [6.07, 6.45) is -0.531. The molecule has 0 bridgehead atoms. The lowest BCUT2D eigenvalue weighted by molar-refractivity contribution is -0.134. The standard InChI is InChI=1S/C31H36FN3O6S/c1-21-18-35(22(2)20-36)31(38)17-24-16-26(33-30(37)15-23-7-5-4-6-8-23)11-14-28(24)41-29(21)19-34(3)42(39,40)27-12-9-25(32)10-13-27/h4-14,16,21-22,29,36H,15,17-20H2,1-3H3,(H,33,37)/t21-,22+,29-/m0/s1. The van der Waals surface area contributed by atoms with Crippen molar-refractivity contribution >= 4 is 27.5 Å². The van der Waals surface area contributed by atoms with Gasteiger partial charge < -0.3 is 20.1 Å². The van der Waals surface area contributed by atoms with Crippen LogP contribution < -0.4 is 10.1 Å². The number of anilines is 1. The fourth-order valence-corrected chi connectivity index (χ4v) is 6.03. The fraction of sp³-hybridized carbons (Fsp3) is 0.355. The predicted octanol–water partition coefficient (Wildman–Crippen LogP) is 3.48. The number of hydrogen-bond acceptors (Lipinski definition) is 6. The van der Waals surface area contributed by atoms with Gasteiger partial charge >= 0.3 is 0 Å². The lowest BCUT2D eigenvalue weighted by Crippen LogP contribution is -2.48. The molecule has 0 unspecified atom stereocenters. The first kappa shape index (κ1) is 31.1. The Morgan fingerprint density at radius 3 is 2.50 bits per heavy atom. The number of hydrogen-bond donors (Lipinski definition) is 2. The number of aliphatic hydroxyl groups is 1. The van der Waals surface area contributed by atoms with E-state index in [1.54, 1.807) is 30.0 Å². The molecule has 2 N–H and O–H groups in total. The Kier molecular flexibility index (Phi) is 9.97. The Bertz CT molecular complexity index is 1500. The van der Waals surface area contributed by atoms with E-state index in [0.29, 0.717) is 17.0 Å². The molecule has 1 aliphatic rings. The van der Waals surface area contributed by atoms with Crippen molar-refractivity contribution in [3.05, 3.63) is 89.7 Å².